The van der Waals surface area contributed by atoms with Crippen molar-refractivity contribution in [1.82, 2.24) is 4.90 Å². The molecule has 1 aliphatic rings. The topological polar surface area (TPSA) is 77.9 Å². The van der Waals surface area contributed by atoms with Crippen LogP contribution in [-0.4, -0.2) is 54.7 Å². The minimum absolute atomic E-state index is 0.0856. The second-order valence-corrected chi connectivity index (χ2v) is 11.4. The maximum Gasteiger partial charge on any atom is 0.317 e. The Morgan fingerprint density at radius 1 is 1.19 bits per heavy atom. The fourth-order valence-electron chi connectivity index (χ4n) is 3.31. The van der Waals surface area contributed by atoms with E-state index in [1.165, 1.54) is 46.4 Å². The molecule has 2 aromatic carbocycles. The number of rotatable bonds is 8. The van der Waals surface area contributed by atoms with Crippen LogP contribution in [-0.2, 0) is 14.8 Å². The van der Waals surface area contributed by atoms with E-state index in [0.29, 0.717) is 35.4 Å². The molecule has 0 spiro atoms. The average molecular weight is 524 g/mol. The van der Waals surface area contributed by atoms with Gasteiger partial charge in [-0.25, -0.2) is 8.42 Å². The van der Waals surface area contributed by atoms with Crippen molar-refractivity contribution in [1.29, 1.82) is 0 Å². The summed E-state index contributed by atoms with van der Waals surface area (Å²) in [6, 6.07) is 10.2. The molecule has 2 atom stereocenters. The van der Waals surface area contributed by atoms with Gasteiger partial charge in [-0.05, 0) is 55.8 Å². The van der Waals surface area contributed by atoms with Gasteiger partial charge in [-0.2, -0.15) is 0 Å². The van der Waals surface area contributed by atoms with Crippen molar-refractivity contribution in [3.05, 3.63) is 57.5 Å². The van der Waals surface area contributed by atoms with Crippen LogP contribution >= 0.6 is 46.6 Å². The molecule has 0 aromatic heterocycles. The van der Waals surface area contributed by atoms with E-state index in [0.717, 1.165) is 0 Å². The lowest BCUT2D eigenvalue weighted by Crippen LogP contribution is -2.41. The van der Waals surface area contributed by atoms with Gasteiger partial charge in [0.1, 0.15) is 5.25 Å². The molecular weight excluding hydrogens is 503 g/mol. The van der Waals surface area contributed by atoms with Crippen LogP contribution in [0.2, 0.25) is 15.1 Å². The van der Waals surface area contributed by atoms with E-state index in [2.05, 4.69) is 0 Å². The Kier molecular flexibility index (Phi) is 8.05. The van der Waals surface area contributed by atoms with E-state index < -0.39 is 27.3 Å². The van der Waals surface area contributed by atoms with Gasteiger partial charge < -0.3 is 5.11 Å². The number of sulfonamides is 1. The Labute approximate surface area is 201 Å². The molecule has 168 valence electrons. The molecule has 0 aliphatic carbocycles. The van der Waals surface area contributed by atoms with Crippen molar-refractivity contribution in [2.75, 3.05) is 23.3 Å². The van der Waals surface area contributed by atoms with Crippen LogP contribution in [0.25, 0.3) is 0 Å². The molecule has 11 heteroatoms. The number of carboxylic acids is 1. The van der Waals surface area contributed by atoms with E-state index in [-0.39, 0.29) is 15.6 Å². The molecular formula is C20H21Cl3N2O4S2. The first-order valence-corrected chi connectivity index (χ1v) is 13.0. The molecule has 1 heterocycles. The third-order valence-corrected chi connectivity index (χ3v) is 8.95. The highest BCUT2D eigenvalue weighted by molar-refractivity contribution is 8.00. The SMILES string of the molecule is CC(CCN1CS[C@@H](C(=O)O)C1)N(c1cc(Cl)ccc1Cl)S(=O)(=O)c1ccc(Cl)cc1. The molecule has 1 unspecified atom stereocenters. The minimum Gasteiger partial charge on any atom is -0.480 e. The van der Waals surface area contributed by atoms with Gasteiger partial charge in [-0.15, -0.1) is 11.8 Å². The standard InChI is InChI=1S/C20H21Cl3N2O4S2/c1-13(8-9-24-11-19(20(26)27)30-12-24)25(18-10-15(22)4-7-17(18)23)31(28,29)16-5-2-14(21)3-6-16/h2-7,10,13,19H,8-9,11-12H2,1H3,(H,26,27)/t13?,19-/m1/s1. The number of benzene rings is 2. The predicted molar refractivity (Wildman–Crippen MR) is 127 cm³/mol. The molecule has 2 aromatic rings. The van der Waals surface area contributed by atoms with Crippen LogP contribution in [0.3, 0.4) is 0 Å². The molecule has 1 saturated heterocycles. The van der Waals surface area contributed by atoms with E-state index in [9.17, 15) is 18.3 Å². The highest BCUT2D eigenvalue weighted by atomic mass is 35.5. The van der Waals surface area contributed by atoms with Gasteiger partial charge in [0.25, 0.3) is 10.0 Å². The zero-order valence-electron chi connectivity index (χ0n) is 16.5. The zero-order chi connectivity index (χ0) is 22.8. The molecule has 0 bridgehead atoms. The Balaban J connectivity index is 1.90. The lowest BCUT2D eigenvalue weighted by molar-refractivity contribution is -0.136. The first kappa shape index (κ1) is 24.5. The summed E-state index contributed by atoms with van der Waals surface area (Å²) in [7, 11) is -3.97. The Morgan fingerprint density at radius 2 is 1.84 bits per heavy atom. The zero-order valence-corrected chi connectivity index (χ0v) is 20.4. The third-order valence-electron chi connectivity index (χ3n) is 4.94. The first-order chi connectivity index (χ1) is 14.6. The summed E-state index contributed by atoms with van der Waals surface area (Å²) in [6.45, 7) is 2.76. The van der Waals surface area contributed by atoms with Crippen LogP contribution in [0, 0.1) is 0 Å². The smallest absolute Gasteiger partial charge is 0.317 e. The number of nitrogens with zero attached hydrogens (tertiary/aromatic N) is 2. The minimum atomic E-state index is -3.97. The lowest BCUT2D eigenvalue weighted by atomic mass is 10.2. The molecule has 0 radical (unpaired) electrons. The number of carbonyl (C=O) groups is 1. The van der Waals surface area contributed by atoms with Crippen LogP contribution in [0.1, 0.15) is 13.3 Å². The largest absolute Gasteiger partial charge is 0.480 e. The molecule has 1 aliphatic heterocycles. The van der Waals surface area contributed by atoms with Gasteiger partial charge >= 0.3 is 5.97 Å². The molecule has 6 nitrogen and oxygen atoms in total. The Hall–Kier alpha value is -1.16. The van der Waals surface area contributed by atoms with Gasteiger partial charge in [0, 0.05) is 35.1 Å². The average Bonchev–Trinajstić information content (AvgIpc) is 3.19. The van der Waals surface area contributed by atoms with Crippen molar-refractivity contribution < 1.29 is 18.3 Å². The first-order valence-electron chi connectivity index (χ1n) is 9.41. The highest BCUT2D eigenvalue weighted by Gasteiger charge is 2.33. The summed E-state index contributed by atoms with van der Waals surface area (Å²) in [5, 5.41) is 9.77. The summed E-state index contributed by atoms with van der Waals surface area (Å²) in [5.41, 5.74) is 0.288. The highest BCUT2D eigenvalue weighted by Crippen LogP contribution is 2.35. The maximum atomic E-state index is 13.6. The normalized spacial score (nSPS) is 18.1. The van der Waals surface area contributed by atoms with Gasteiger partial charge in [0.05, 0.1) is 15.6 Å². The number of hydrogen-bond acceptors (Lipinski definition) is 5. The Bertz CT molecular complexity index is 1050. The van der Waals surface area contributed by atoms with E-state index >= 15 is 0 Å². The summed E-state index contributed by atoms with van der Waals surface area (Å²) in [5.74, 6) is -0.246. The molecule has 0 saturated carbocycles. The number of hydrogen-bond donors (Lipinski definition) is 1. The van der Waals surface area contributed by atoms with Crippen LogP contribution in [0.5, 0.6) is 0 Å². The molecule has 1 fully saturated rings. The van der Waals surface area contributed by atoms with Crippen LogP contribution < -0.4 is 4.31 Å². The quantitative estimate of drug-likeness (QED) is 0.520. The van der Waals surface area contributed by atoms with Gasteiger partial charge in [-0.3, -0.25) is 14.0 Å². The number of carboxylic acid groups (broad SMARTS) is 1. The van der Waals surface area contributed by atoms with Gasteiger partial charge in [0.15, 0.2) is 0 Å². The molecule has 1 N–H and O–H groups in total. The molecule has 0 amide bonds. The monoisotopic (exact) mass is 522 g/mol. The van der Waals surface area contributed by atoms with Crippen molar-refractivity contribution in [2.24, 2.45) is 0 Å². The van der Waals surface area contributed by atoms with Crippen molar-refractivity contribution >= 4 is 68.2 Å². The summed E-state index contributed by atoms with van der Waals surface area (Å²) in [4.78, 5) is 13.3. The second-order valence-electron chi connectivity index (χ2n) is 7.19. The fourth-order valence-corrected chi connectivity index (χ4v) is 6.64. The van der Waals surface area contributed by atoms with Gasteiger partial charge in [-0.1, -0.05) is 34.8 Å². The van der Waals surface area contributed by atoms with E-state index in [1.807, 2.05) is 4.90 Å². The predicted octanol–water partition coefficient (Wildman–Crippen LogP) is 5.08. The van der Waals surface area contributed by atoms with Crippen LogP contribution in [0.4, 0.5) is 5.69 Å². The summed E-state index contributed by atoms with van der Waals surface area (Å²) in [6.07, 6.45) is 0.475. The fraction of sp³-hybridized carbons (Fsp3) is 0.350. The Morgan fingerprint density at radius 3 is 2.45 bits per heavy atom. The molecule has 31 heavy (non-hydrogen) atoms. The molecule has 3 rings (SSSR count). The van der Waals surface area contributed by atoms with Crippen molar-refractivity contribution in [2.45, 2.75) is 29.5 Å². The van der Waals surface area contributed by atoms with Gasteiger partial charge in [0.2, 0.25) is 0 Å². The van der Waals surface area contributed by atoms with E-state index in [4.69, 9.17) is 34.8 Å². The third kappa shape index (κ3) is 5.80. The van der Waals surface area contributed by atoms with Crippen LogP contribution in [0.15, 0.2) is 47.4 Å². The van der Waals surface area contributed by atoms with Crippen molar-refractivity contribution in [3.63, 3.8) is 0 Å². The summed E-state index contributed by atoms with van der Waals surface area (Å²) < 4.78 is 28.4. The van der Waals surface area contributed by atoms with E-state index in [1.54, 1.807) is 19.1 Å². The number of anilines is 1. The lowest BCUT2D eigenvalue weighted by Gasteiger charge is -2.32. The maximum absolute atomic E-state index is 13.6. The number of aliphatic carboxylic acids is 1. The second kappa shape index (κ2) is 10.2. The number of halogens is 3. The summed E-state index contributed by atoms with van der Waals surface area (Å²) >= 11 is 19.8. The van der Waals surface area contributed by atoms with Crippen molar-refractivity contribution in [3.8, 4) is 0 Å². The number of thioether (sulfide) groups is 1.